The molecule has 0 unspecified atom stereocenters. The Morgan fingerprint density at radius 3 is 2.67 bits per heavy atom. The molecule has 0 amide bonds. The summed E-state index contributed by atoms with van der Waals surface area (Å²) in [5.41, 5.74) is 9.06. The Balaban J connectivity index is 2.27. The van der Waals surface area contributed by atoms with Gasteiger partial charge in [0.25, 0.3) is 0 Å². The van der Waals surface area contributed by atoms with Gasteiger partial charge in [0.15, 0.2) is 0 Å². The molecular weight excluding hydrogens is 466 g/mol. The predicted octanol–water partition coefficient (Wildman–Crippen LogP) is 5.61. The zero-order chi connectivity index (χ0) is 15.0. The van der Waals surface area contributed by atoms with Crippen molar-refractivity contribution >= 4 is 56.0 Å². The molecule has 0 aliphatic heterocycles. The molecule has 2 aromatic carbocycles. The summed E-state index contributed by atoms with van der Waals surface area (Å²) in [6.45, 7) is 0. The number of nitrogens with zero attached hydrogens (tertiary/aromatic N) is 1. The molecule has 0 spiro atoms. The number of rotatable bonds is 2. The minimum absolute atomic E-state index is 0.254. The summed E-state index contributed by atoms with van der Waals surface area (Å²) in [5.74, 6) is 0.254. The third-order valence-corrected chi connectivity index (χ3v) is 4.74. The smallest absolute Gasteiger partial charge is 0.230 e. The Bertz CT molecular complexity index is 819. The van der Waals surface area contributed by atoms with Gasteiger partial charge in [-0.3, -0.25) is 0 Å². The molecule has 3 rings (SSSR count). The number of nitrogens with two attached hydrogens (primary N) is 1. The minimum Gasteiger partial charge on any atom is -0.367 e. The van der Waals surface area contributed by atoms with Gasteiger partial charge in [-0.15, -0.1) is 0 Å². The number of aromatic nitrogens is 1. The van der Waals surface area contributed by atoms with Gasteiger partial charge in [-0.25, -0.2) is 0 Å². The highest BCUT2D eigenvalue weighted by molar-refractivity contribution is 14.1. The van der Waals surface area contributed by atoms with Crippen molar-refractivity contribution in [2.24, 2.45) is 0 Å². The molecule has 0 radical (unpaired) electrons. The third kappa shape index (κ3) is 2.82. The van der Waals surface area contributed by atoms with E-state index in [1.54, 1.807) is 0 Å². The Hall–Kier alpha value is -1.05. The van der Waals surface area contributed by atoms with Crippen molar-refractivity contribution in [1.82, 2.24) is 5.16 Å². The Kier molecular flexibility index (Phi) is 4.24. The van der Waals surface area contributed by atoms with Crippen LogP contribution < -0.4 is 5.73 Å². The molecule has 0 aliphatic rings. The van der Waals surface area contributed by atoms with Gasteiger partial charge >= 0.3 is 0 Å². The summed E-state index contributed by atoms with van der Waals surface area (Å²) in [7, 11) is 0. The molecule has 21 heavy (non-hydrogen) atoms. The summed E-state index contributed by atoms with van der Waals surface area (Å²) < 4.78 is 7.22. The molecule has 0 bridgehead atoms. The quantitative estimate of drug-likeness (QED) is 0.490. The molecule has 0 saturated carbocycles. The number of hydrogen-bond donors (Lipinski definition) is 1. The SMILES string of the molecule is Nc1onc(-c2cc(I)ccc2Br)c1-c1ccccc1Cl. The maximum absolute atomic E-state index is 6.28. The molecule has 1 aromatic heterocycles. The molecular formula is C15H9BrClIN2O. The zero-order valence-electron chi connectivity index (χ0n) is 10.6. The largest absolute Gasteiger partial charge is 0.367 e. The minimum atomic E-state index is 0.254. The molecule has 3 aromatic rings. The molecule has 0 saturated heterocycles. The molecule has 2 N–H and O–H groups in total. The van der Waals surface area contributed by atoms with E-state index in [4.69, 9.17) is 21.9 Å². The van der Waals surface area contributed by atoms with Crippen LogP contribution in [0.5, 0.6) is 0 Å². The lowest BCUT2D eigenvalue weighted by molar-refractivity contribution is 0.439. The van der Waals surface area contributed by atoms with Crippen LogP contribution in [0.1, 0.15) is 0 Å². The Morgan fingerprint density at radius 2 is 1.90 bits per heavy atom. The number of nitrogen functional groups attached to an aromatic ring is 1. The normalized spacial score (nSPS) is 10.8. The summed E-state index contributed by atoms with van der Waals surface area (Å²) in [6.07, 6.45) is 0. The van der Waals surface area contributed by atoms with Crippen molar-refractivity contribution in [1.29, 1.82) is 0 Å². The highest BCUT2D eigenvalue weighted by Gasteiger charge is 2.21. The molecule has 0 fully saturated rings. The lowest BCUT2D eigenvalue weighted by Gasteiger charge is -2.07. The molecule has 0 aliphatic carbocycles. The summed E-state index contributed by atoms with van der Waals surface area (Å²) >= 11 is 12.1. The van der Waals surface area contributed by atoms with Crippen LogP contribution in [0.3, 0.4) is 0 Å². The standard InChI is InChI=1S/C15H9BrClIN2O/c16-11-6-5-8(18)7-10(11)14-13(15(19)21-20-14)9-3-1-2-4-12(9)17/h1-7H,19H2. The van der Waals surface area contributed by atoms with Gasteiger partial charge in [-0.1, -0.05) is 50.9 Å². The van der Waals surface area contributed by atoms with Gasteiger partial charge in [-0.2, -0.15) is 0 Å². The third-order valence-electron chi connectivity index (χ3n) is 3.05. The molecule has 1 heterocycles. The fourth-order valence-electron chi connectivity index (χ4n) is 2.09. The van der Waals surface area contributed by atoms with Gasteiger partial charge in [-0.05, 0) is 46.9 Å². The first-order valence-electron chi connectivity index (χ1n) is 6.03. The highest BCUT2D eigenvalue weighted by Crippen LogP contribution is 2.41. The Labute approximate surface area is 148 Å². The van der Waals surface area contributed by atoms with Crippen molar-refractivity contribution < 1.29 is 4.52 Å². The maximum Gasteiger partial charge on any atom is 0.230 e. The number of benzene rings is 2. The van der Waals surface area contributed by atoms with E-state index in [1.807, 2.05) is 42.5 Å². The van der Waals surface area contributed by atoms with Crippen LogP contribution in [0.2, 0.25) is 5.02 Å². The van der Waals surface area contributed by atoms with Crippen molar-refractivity contribution in [2.75, 3.05) is 5.73 Å². The van der Waals surface area contributed by atoms with E-state index in [1.165, 1.54) is 0 Å². The monoisotopic (exact) mass is 474 g/mol. The Morgan fingerprint density at radius 1 is 1.14 bits per heavy atom. The number of hydrogen-bond acceptors (Lipinski definition) is 3. The average molecular weight is 476 g/mol. The van der Waals surface area contributed by atoms with Gasteiger partial charge in [0.05, 0.1) is 5.56 Å². The molecule has 3 nitrogen and oxygen atoms in total. The van der Waals surface area contributed by atoms with Crippen LogP contribution in [0.4, 0.5) is 5.88 Å². The van der Waals surface area contributed by atoms with Crippen LogP contribution in [0.15, 0.2) is 51.5 Å². The first kappa shape index (κ1) is 14.9. The van der Waals surface area contributed by atoms with Crippen LogP contribution >= 0.6 is 50.1 Å². The number of anilines is 1. The zero-order valence-corrected chi connectivity index (χ0v) is 15.1. The van der Waals surface area contributed by atoms with Gasteiger partial charge in [0.2, 0.25) is 5.88 Å². The van der Waals surface area contributed by atoms with E-state index < -0.39 is 0 Å². The second kappa shape index (κ2) is 5.98. The molecule has 6 heteroatoms. The molecule has 106 valence electrons. The lowest BCUT2D eigenvalue weighted by Crippen LogP contribution is -1.90. The van der Waals surface area contributed by atoms with Crippen molar-refractivity contribution in [3.63, 3.8) is 0 Å². The second-order valence-electron chi connectivity index (χ2n) is 4.37. The molecule has 0 atom stereocenters. The first-order valence-corrected chi connectivity index (χ1v) is 8.28. The van der Waals surface area contributed by atoms with E-state index in [2.05, 4.69) is 43.7 Å². The summed E-state index contributed by atoms with van der Waals surface area (Å²) in [4.78, 5) is 0. The summed E-state index contributed by atoms with van der Waals surface area (Å²) in [6, 6.07) is 13.5. The van der Waals surface area contributed by atoms with E-state index in [0.29, 0.717) is 16.3 Å². The first-order chi connectivity index (χ1) is 10.1. The lowest BCUT2D eigenvalue weighted by atomic mass is 10.0. The second-order valence-corrected chi connectivity index (χ2v) is 6.88. The number of halogens is 3. The van der Waals surface area contributed by atoms with E-state index in [9.17, 15) is 0 Å². The van der Waals surface area contributed by atoms with Gasteiger partial charge in [0, 0.05) is 24.2 Å². The van der Waals surface area contributed by atoms with Crippen molar-refractivity contribution in [3.8, 4) is 22.4 Å². The highest BCUT2D eigenvalue weighted by atomic mass is 127. The van der Waals surface area contributed by atoms with Crippen molar-refractivity contribution in [2.45, 2.75) is 0 Å². The maximum atomic E-state index is 6.28. The topological polar surface area (TPSA) is 52.0 Å². The van der Waals surface area contributed by atoms with E-state index >= 15 is 0 Å². The van der Waals surface area contributed by atoms with E-state index in [-0.39, 0.29) is 5.88 Å². The summed E-state index contributed by atoms with van der Waals surface area (Å²) in [5, 5.41) is 4.72. The predicted molar refractivity (Wildman–Crippen MR) is 97.2 cm³/mol. The van der Waals surface area contributed by atoms with Gasteiger partial charge < -0.3 is 10.3 Å². The fourth-order valence-corrected chi connectivity index (χ4v) is 3.25. The van der Waals surface area contributed by atoms with Gasteiger partial charge in [0.1, 0.15) is 5.69 Å². The van der Waals surface area contributed by atoms with Crippen LogP contribution in [-0.4, -0.2) is 5.16 Å². The van der Waals surface area contributed by atoms with Crippen LogP contribution in [0, 0.1) is 3.57 Å². The van der Waals surface area contributed by atoms with Crippen LogP contribution in [0.25, 0.3) is 22.4 Å². The fraction of sp³-hybridized carbons (Fsp3) is 0. The average Bonchev–Trinajstić information content (AvgIpc) is 2.84. The van der Waals surface area contributed by atoms with E-state index in [0.717, 1.165) is 19.2 Å². The van der Waals surface area contributed by atoms with Crippen LogP contribution in [-0.2, 0) is 0 Å². The van der Waals surface area contributed by atoms with Crippen molar-refractivity contribution in [3.05, 3.63) is 55.5 Å².